The van der Waals surface area contributed by atoms with E-state index in [9.17, 15) is 0 Å². The molecule has 1 aromatic rings. The smallest absolute Gasteiger partial charge is 0.0280 e. The Bertz CT molecular complexity index is 474. The maximum atomic E-state index is 7.64. The topological polar surface area (TPSA) is 0 Å². The predicted octanol–water partition coefficient (Wildman–Crippen LogP) is 3.91. The lowest BCUT2D eigenvalue weighted by atomic mass is 9.80. The summed E-state index contributed by atoms with van der Waals surface area (Å²) in [5.74, 6) is 0. The van der Waals surface area contributed by atoms with Crippen molar-refractivity contribution in [3.63, 3.8) is 0 Å². The van der Waals surface area contributed by atoms with Gasteiger partial charge in [-0.05, 0) is 42.7 Å². The Morgan fingerprint density at radius 2 is 1.69 bits per heavy atom. The van der Waals surface area contributed by atoms with Gasteiger partial charge in [0.05, 0.1) is 0 Å². The number of benzene rings is 1. The first-order chi connectivity index (χ1) is 8.24. The standard InChI is InChI=1S/C13H20/c1-9-7-10(2)12(11(3)8-9)13(4,5)6/h7-8H,1-6H3/i1D3,2D3. The fraction of sp³-hybridized carbons (Fsp3) is 0.538. The van der Waals surface area contributed by atoms with Gasteiger partial charge in [0.25, 0.3) is 0 Å². The predicted molar refractivity (Wildman–Crippen MR) is 59.4 cm³/mol. The molecule has 0 amide bonds. The second-order valence-corrected chi connectivity index (χ2v) is 4.47. The summed E-state index contributed by atoms with van der Waals surface area (Å²) in [5, 5.41) is 0. The lowest BCUT2D eigenvalue weighted by Crippen LogP contribution is -2.15. The zero-order chi connectivity index (χ0) is 15.2. The number of hydrogen-bond acceptors (Lipinski definition) is 0. The molecule has 0 atom stereocenters. The summed E-state index contributed by atoms with van der Waals surface area (Å²) in [6.45, 7) is 2.96. The Balaban J connectivity index is 3.68. The molecule has 0 unspecified atom stereocenters. The summed E-state index contributed by atoms with van der Waals surface area (Å²) in [6, 6.07) is 2.89. The second-order valence-electron chi connectivity index (χ2n) is 4.47. The molecule has 0 aliphatic rings. The van der Waals surface area contributed by atoms with E-state index >= 15 is 0 Å². The zero-order valence-electron chi connectivity index (χ0n) is 14.7. The largest absolute Gasteiger partial charge is 0.0561 e. The molecule has 0 spiro atoms. The average molecular weight is 182 g/mol. The van der Waals surface area contributed by atoms with Crippen LogP contribution in [0.3, 0.4) is 0 Å². The molecule has 0 saturated heterocycles. The highest BCUT2D eigenvalue weighted by Gasteiger charge is 2.18. The molecule has 0 nitrogen and oxygen atoms in total. The summed E-state index contributed by atoms with van der Waals surface area (Å²) < 4.78 is 45.3. The van der Waals surface area contributed by atoms with E-state index in [1.165, 1.54) is 6.07 Å². The summed E-state index contributed by atoms with van der Waals surface area (Å²) in [7, 11) is 0. The van der Waals surface area contributed by atoms with Gasteiger partial charge in [-0.3, -0.25) is 0 Å². The van der Waals surface area contributed by atoms with Crippen molar-refractivity contribution in [2.24, 2.45) is 0 Å². The fourth-order valence-electron chi connectivity index (χ4n) is 1.78. The van der Waals surface area contributed by atoms with Gasteiger partial charge in [0, 0.05) is 8.22 Å². The van der Waals surface area contributed by atoms with Gasteiger partial charge >= 0.3 is 0 Å². The van der Waals surface area contributed by atoms with Crippen LogP contribution in [0.4, 0.5) is 0 Å². The van der Waals surface area contributed by atoms with Crippen molar-refractivity contribution >= 4 is 0 Å². The van der Waals surface area contributed by atoms with Crippen molar-refractivity contribution in [1.82, 2.24) is 0 Å². The van der Waals surface area contributed by atoms with Crippen LogP contribution in [0.25, 0.3) is 0 Å². The monoisotopic (exact) mass is 182 g/mol. The van der Waals surface area contributed by atoms with E-state index in [0.29, 0.717) is 11.1 Å². The molecular weight excluding hydrogens is 156 g/mol. The van der Waals surface area contributed by atoms with Crippen molar-refractivity contribution < 1.29 is 8.22 Å². The first kappa shape index (κ1) is 4.63. The highest BCUT2D eigenvalue weighted by molar-refractivity contribution is 5.41. The first-order valence-electron chi connectivity index (χ1n) is 7.40. The van der Waals surface area contributed by atoms with Crippen molar-refractivity contribution in [2.45, 2.75) is 46.8 Å². The summed E-state index contributed by atoms with van der Waals surface area (Å²) in [6.07, 6.45) is 0. The molecule has 0 heteroatoms. The maximum Gasteiger partial charge on any atom is 0.0280 e. The molecule has 13 heavy (non-hydrogen) atoms. The van der Waals surface area contributed by atoms with Gasteiger partial charge in [0.15, 0.2) is 0 Å². The highest BCUT2D eigenvalue weighted by atomic mass is 14.2. The maximum absolute atomic E-state index is 7.64. The number of aryl methyl sites for hydroxylation is 3. The molecule has 0 bridgehead atoms. The second kappa shape index (κ2) is 3.17. The molecule has 0 radical (unpaired) electrons. The summed E-state index contributed by atoms with van der Waals surface area (Å²) >= 11 is 0. The molecule has 72 valence electrons. The van der Waals surface area contributed by atoms with Gasteiger partial charge < -0.3 is 0 Å². The molecule has 0 aliphatic heterocycles. The van der Waals surface area contributed by atoms with Crippen molar-refractivity contribution in [3.05, 3.63) is 34.4 Å². The molecule has 0 N–H and O–H groups in total. The minimum atomic E-state index is -2.31. The third-order valence-corrected chi connectivity index (χ3v) is 2.09. The van der Waals surface area contributed by atoms with Gasteiger partial charge in [-0.25, -0.2) is 0 Å². The molecular formula is C13H20. The van der Waals surface area contributed by atoms with Crippen LogP contribution < -0.4 is 0 Å². The van der Waals surface area contributed by atoms with Crippen LogP contribution in [0.2, 0.25) is 0 Å². The van der Waals surface area contributed by atoms with Gasteiger partial charge in [-0.15, -0.1) is 0 Å². The van der Waals surface area contributed by atoms with Gasteiger partial charge in [0.1, 0.15) is 0 Å². The van der Waals surface area contributed by atoms with E-state index in [4.69, 9.17) is 8.22 Å². The quantitative estimate of drug-likeness (QED) is 0.570. The Labute approximate surface area is 90.4 Å². The highest BCUT2D eigenvalue weighted by Crippen LogP contribution is 2.29. The number of rotatable bonds is 0. The minimum Gasteiger partial charge on any atom is -0.0561 e. The van der Waals surface area contributed by atoms with Gasteiger partial charge in [-0.1, -0.05) is 38.5 Å². The fourth-order valence-corrected chi connectivity index (χ4v) is 1.78. The molecule has 1 rings (SSSR count). The van der Waals surface area contributed by atoms with E-state index in [1.54, 1.807) is 13.0 Å². The van der Waals surface area contributed by atoms with Crippen LogP contribution in [0.15, 0.2) is 12.1 Å². The van der Waals surface area contributed by atoms with Gasteiger partial charge in [-0.2, -0.15) is 0 Å². The van der Waals surface area contributed by atoms with E-state index in [2.05, 4.69) is 0 Å². The molecule has 0 aliphatic carbocycles. The Morgan fingerprint density at radius 3 is 2.15 bits per heavy atom. The van der Waals surface area contributed by atoms with Crippen molar-refractivity contribution in [1.29, 1.82) is 0 Å². The first-order valence-corrected chi connectivity index (χ1v) is 4.40. The third kappa shape index (κ3) is 2.12. The van der Waals surface area contributed by atoms with Crippen LogP contribution in [-0.2, 0) is 5.41 Å². The average Bonchev–Trinajstić information content (AvgIpc) is 2.11. The van der Waals surface area contributed by atoms with E-state index in [0.717, 1.165) is 0 Å². The normalized spacial score (nSPS) is 20.6. The van der Waals surface area contributed by atoms with E-state index < -0.39 is 13.7 Å². The Morgan fingerprint density at radius 1 is 1.08 bits per heavy atom. The lowest BCUT2D eigenvalue weighted by molar-refractivity contribution is 0.581. The van der Waals surface area contributed by atoms with Crippen LogP contribution in [0.1, 0.15) is 51.2 Å². The Hall–Kier alpha value is -0.780. The molecule has 0 heterocycles. The molecule has 0 aromatic heterocycles. The number of hydrogen-bond donors (Lipinski definition) is 0. The SMILES string of the molecule is [2H]C([2H])([2H])c1cc(C)c(C(C)(C)C)c(C([2H])([2H])[2H])c1. The van der Waals surface area contributed by atoms with E-state index in [-0.39, 0.29) is 16.5 Å². The summed E-state index contributed by atoms with van der Waals surface area (Å²) in [4.78, 5) is 0. The minimum absolute atomic E-state index is 0.0872. The van der Waals surface area contributed by atoms with Crippen LogP contribution in [0, 0.1) is 20.6 Å². The Kier molecular flexibility index (Phi) is 1.13. The lowest BCUT2D eigenvalue weighted by Gasteiger charge is -2.24. The van der Waals surface area contributed by atoms with Crippen molar-refractivity contribution in [2.75, 3.05) is 0 Å². The molecule has 0 saturated carbocycles. The molecule has 0 fully saturated rings. The van der Waals surface area contributed by atoms with Gasteiger partial charge in [0.2, 0.25) is 0 Å². The summed E-state index contributed by atoms with van der Waals surface area (Å²) in [5.41, 5.74) is 1.31. The van der Waals surface area contributed by atoms with Crippen LogP contribution >= 0.6 is 0 Å². The van der Waals surface area contributed by atoms with E-state index in [1.807, 2.05) is 20.8 Å². The van der Waals surface area contributed by atoms with Crippen LogP contribution in [0.5, 0.6) is 0 Å². The molecule has 1 aromatic carbocycles. The van der Waals surface area contributed by atoms with Crippen LogP contribution in [-0.4, -0.2) is 0 Å². The van der Waals surface area contributed by atoms with Crippen molar-refractivity contribution in [3.8, 4) is 0 Å². The third-order valence-electron chi connectivity index (χ3n) is 2.09. The zero-order valence-corrected chi connectivity index (χ0v) is 8.65.